The van der Waals surface area contributed by atoms with Crippen molar-refractivity contribution < 1.29 is 9.90 Å². The van der Waals surface area contributed by atoms with Crippen molar-refractivity contribution in [1.82, 2.24) is 4.98 Å². The van der Waals surface area contributed by atoms with Gasteiger partial charge in [0.1, 0.15) is 4.88 Å². The van der Waals surface area contributed by atoms with Crippen molar-refractivity contribution in [2.75, 3.05) is 11.9 Å². The number of hydrogen-bond donors (Lipinski definition) is 1. The summed E-state index contributed by atoms with van der Waals surface area (Å²) in [6.07, 6.45) is 0.635. The molecule has 0 saturated carbocycles. The van der Waals surface area contributed by atoms with Crippen LogP contribution in [-0.4, -0.2) is 23.1 Å². The number of hydrogen-bond acceptors (Lipinski definition) is 4. The summed E-state index contributed by atoms with van der Waals surface area (Å²) in [4.78, 5) is 17.9. The molecule has 2 aromatic rings. The molecule has 1 N–H and O–H groups in total. The first-order valence-corrected chi connectivity index (χ1v) is 7.32. The molecule has 0 spiro atoms. The lowest BCUT2D eigenvalue weighted by Gasteiger charge is -2.15. The highest BCUT2D eigenvalue weighted by atomic mass is 32.1. The quantitative estimate of drug-likeness (QED) is 0.917. The summed E-state index contributed by atoms with van der Waals surface area (Å²) in [7, 11) is 1.93. The number of carboxylic acids is 1. The molecule has 1 aromatic carbocycles. The molecule has 0 aliphatic carbocycles. The summed E-state index contributed by atoms with van der Waals surface area (Å²) >= 11 is 1.24. The number of aryl methyl sites for hydroxylation is 2. The Morgan fingerprint density at radius 2 is 2.00 bits per heavy atom. The van der Waals surface area contributed by atoms with Crippen LogP contribution in [0.15, 0.2) is 24.3 Å². The van der Waals surface area contributed by atoms with Crippen LogP contribution in [0.25, 0.3) is 0 Å². The predicted octanol–water partition coefficient (Wildman–Crippen LogP) is 3.35. The van der Waals surface area contributed by atoms with Gasteiger partial charge in [0.25, 0.3) is 0 Å². The molecule has 20 heavy (non-hydrogen) atoms. The lowest BCUT2D eigenvalue weighted by molar-refractivity contribution is 0.0701. The molecule has 1 heterocycles. The fourth-order valence-electron chi connectivity index (χ4n) is 1.94. The standard InChI is InChI=1S/C15H18N2O2S/c1-4-12-13(14(18)19)20-15(16-12)17(3)9-11-7-5-10(2)6-8-11/h5-8H,4,9H2,1-3H3,(H,18,19). The van der Waals surface area contributed by atoms with Crippen LogP contribution in [0.1, 0.15) is 33.4 Å². The average molecular weight is 290 g/mol. The Hall–Kier alpha value is -1.88. The molecular formula is C15H18N2O2S. The van der Waals surface area contributed by atoms with Crippen molar-refractivity contribution >= 4 is 22.4 Å². The third-order valence-corrected chi connectivity index (χ3v) is 4.28. The Morgan fingerprint density at radius 3 is 2.50 bits per heavy atom. The maximum Gasteiger partial charge on any atom is 0.347 e. The number of rotatable bonds is 5. The largest absolute Gasteiger partial charge is 0.477 e. The lowest BCUT2D eigenvalue weighted by atomic mass is 10.1. The van der Waals surface area contributed by atoms with E-state index in [4.69, 9.17) is 5.11 Å². The van der Waals surface area contributed by atoms with Crippen LogP contribution in [0.4, 0.5) is 5.13 Å². The molecule has 4 nitrogen and oxygen atoms in total. The first-order valence-electron chi connectivity index (χ1n) is 6.51. The van der Waals surface area contributed by atoms with E-state index in [0.717, 1.165) is 11.7 Å². The van der Waals surface area contributed by atoms with Crippen molar-refractivity contribution in [3.8, 4) is 0 Å². The Balaban J connectivity index is 2.18. The Morgan fingerprint density at radius 1 is 1.35 bits per heavy atom. The summed E-state index contributed by atoms with van der Waals surface area (Å²) < 4.78 is 0. The number of aromatic nitrogens is 1. The van der Waals surface area contributed by atoms with E-state index in [9.17, 15) is 4.79 Å². The maximum atomic E-state index is 11.2. The second-order valence-electron chi connectivity index (χ2n) is 4.77. The van der Waals surface area contributed by atoms with E-state index in [1.165, 1.54) is 22.5 Å². The number of nitrogens with zero attached hydrogens (tertiary/aromatic N) is 2. The van der Waals surface area contributed by atoms with Gasteiger partial charge in [0.15, 0.2) is 5.13 Å². The summed E-state index contributed by atoms with van der Waals surface area (Å²) in [6.45, 7) is 4.70. The zero-order chi connectivity index (χ0) is 14.7. The van der Waals surface area contributed by atoms with Crippen LogP contribution in [0, 0.1) is 6.92 Å². The smallest absolute Gasteiger partial charge is 0.347 e. The number of carbonyl (C=O) groups is 1. The van der Waals surface area contributed by atoms with Gasteiger partial charge in [-0.3, -0.25) is 0 Å². The molecule has 0 fully saturated rings. The highest BCUT2D eigenvalue weighted by Gasteiger charge is 2.18. The van der Waals surface area contributed by atoms with Crippen LogP contribution in [0.5, 0.6) is 0 Å². The van der Waals surface area contributed by atoms with Gasteiger partial charge >= 0.3 is 5.97 Å². The summed E-state index contributed by atoms with van der Waals surface area (Å²) in [5.41, 5.74) is 3.07. The number of carboxylic acid groups (broad SMARTS) is 1. The van der Waals surface area contributed by atoms with Gasteiger partial charge in [-0.15, -0.1) is 0 Å². The van der Waals surface area contributed by atoms with Gasteiger partial charge in [-0.2, -0.15) is 0 Å². The second kappa shape index (κ2) is 6.05. The Labute approximate surface area is 122 Å². The van der Waals surface area contributed by atoms with Gasteiger partial charge in [0.05, 0.1) is 5.69 Å². The Kier molecular flexibility index (Phi) is 4.39. The second-order valence-corrected chi connectivity index (χ2v) is 5.75. The molecule has 0 radical (unpaired) electrons. The average Bonchev–Trinajstić information content (AvgIpc) is 2.86. The molecule has 0 amide bonds. The number of thiazole rings is 1. The fourth-order valence-corrected chi connectivity index (χ4v) is 2.90. The van der Waals surface area contributed by atoms with E-state index >= 15 is 0 Å². The minimum absolute atomic E-state index is 0.346. The van der Waals surface area contributed by atoms with E-state index in [2.05, 4.69) is 36.2 Å². The van der Waals surface area contributed by atoms with Gasteiger partial charge in [-0.05, 0) is 18.9 Å². The van der Waals surface area contributed by atoms with E-state index < -0.39 is 5.97 Å². The van der Waals surface area contributed by atoms with Crippen LogP contribution in [0.3, 0.4) is 0 Å². The summed E-state index contributed by atoms with van der Waals surface area (Å²) in [5, 5.41) is 9.91. The van der Waals surface area contributed by atoms with E-state index in [1.54, 1.807) is 0 Å². The monoisotopic (exact) mass is 290 g/mol. The zero-order valence-corrected chi connectivity index (χ0v) is 12.7. The van der Waals surface area contributed by atoms with Gasteiger partial charge < -0.3 is 10.0 Å². The predicted molar refractivity (Wildman–Crippen MR) is 81.7 cm³/mol. The highest BCUT2D eigenvalue weighted by molar-refractivity contribution is 7.17. The van der Waals surface area contributed by atoms with E-state index in [-0.39, 0.29) is 0 Å². The molecule has 5 heteroatoms. The van der Waals surface area contributed by atoms with Crippen LogP contribution < -0.4 is 4.90 Å². The fraction of sp³-hybridized carbons (Fsp3) is 0.333. The zero-order valence-electron chi connectivity index (χ0n) is 11.9. The first-order chi connectivity index (χ1) is 9.51. The number of benzene rings is 1. The molecule has 0 unspecified atom stereocenters. The normalized spacial score (nSPS) is 10.6. The maximum absolute atomic E-state index is 11.2. The van der Waals surface area contributed by atoms with E-state index in [1.807, 2.05) is 18.9 Å². The van der Waals surface area contributed by atoms with Crippen molar-refractivity contribution in [2.24, 2.45) is 0 Å². The molecule has 0 bridgehead atoms. The third kappa shape index (κ3) is 3.17. The van der Waals surface area contributed by atoms with Crippen molar-refractivity contribution in [1.29, 1.82) is 0 Å². The summed E-state index contributed by atoms with van der Waals surface area (Å²) in [6, 6.07) is 8.31. The molecule has 0 atom stereocenters. The molecule has 0 aliphatic heterocycles. The van der Waals surface area contributed by atoms with Crippen molar-refractivity contribution in [3.63, 3.8) is 0 Å². The molecular weight excluding hydrogens is 272 g/mol. The molecule has 106 valence electrons. The first kappa shape index (κ1) is 14.5. The van der Waals surface area contributed by atoms with Crippen LogP contribution in [0.2, 0.25) is 0 Å². The van der Waals surface area contributed by atoms with Gasteiger partial charge in [-0.1, -0.05) is 48.1 Å². The highest BCUT2D eigenvalue weighted by Crippen LogP contribution is 2.27. The SMILES string of the molecule is CCc1nc(N(C)Cc2ccc(C)cc2)sc1C(=O)O. The van der Waals surface area contributed by atoms with Gasteiger partial charge in [0.2, 0.25) is 0 Å². The number of aromatic carboxylic acids is 1. The molecule has 1 aromatic heterocycles. The minimum atomic E-state index is -0.894. The van der Waals surface area contributed by atoms with Crippen LogP contribution in [-0.2, 0) is 13.0 Å². The lowest BCUT2D eigenvalue weighted by Crippen LogP contribution is -2.16. The van der Waals surface area contributed by atoms with Crippen molar-refractivity contribution in [2.45, 2.75) is 26.8 Å². The van der Waals surface area contributed by atoms with Crippen molar-refractivity contribution in [3.05, 3.63) is 46.0 Å². The van der Waals surface area contributed by atoms with Gasteiger partial charge in [-0.25, -0.2) is 9.78 Å². The van der Waals surface area contributed by atoms with Crippen LogP contribution >= 0.6 is 11.3 Å². The third-order valence-electron chi connectivity index (χ3n) is 3.08. The topological polar surface area (TPSA) is 53.4 Å². The minimum Gasteiger partial charge on any atom is -0.477 e. The molecule has 2 rings (SSSR count). The Bertz CT molecular complexity index is 605. The number of anilines is 1. The molecule has 0 aliphatic rings. The van der Waals surface area contributed by atoms with Gasteiger partial charge in [0, 0.05) is 13.6 Å². The summed E-state index contributed by atoms with van der Waals surface area (Å²) in [5.74, 6) is -0.894. The van der Waals surface area contributed by atoms with E-state index in [0.29, 0.717) is 17.0 Å². The molecule has 0 saturated heterocycles.